The number of hydrogen-bond acceptors (Lipinski definition) is 2. The Bertz CT molecular complexity index is 678. The van der Waals surface area contributed by atoms with Crippen LogP contribution in [0.1, 0.15) is 27.9 Å². The molecular formula is C18H18N2O. The van der Waals surface area contributed by atoms with Crippen LogP contribution in [0.2, 0.25) is 0 Å². The Kier molecular flexibility index (Phi) is 3.82. The molecule has 0 aliphatic carbocycles. The number of hydrogen-bond donors (Lipinski definition) is 0. The Morgan fingerprint density at radius 2 is 2.29 bits per heavy atom. The van der Waals surface area contributed by atoms with E-state index in [0.717, 1.165) is 48.2 Å². The van der Waals surface area contributed by atoms with Crippen LogP contribution in [0, 0.1) is 0 Å². The van der Waals surface area contributed by atoms with Gasteiger partial charge >= 0.3 is 0 Å². The topological polar surface area (TPSA) is 33.2 Å². The fourth-order valence-corrected chi connectivity index (χ4v) is 2.79. The molecule has 3 rings (SSSR count). The van der Waals surface area contributed by atoms with E-state index in [4.69, 9.17) is 0 Å². The molecule has 0 spiro atoms. The second kappa shape index (κ2) is 5.92. The second-order valence-electron chi connectivity index (χ2n) is 5.26. The molecule has 0 saturated heterocycles. The molecule has 0 saturated carbocycles. The minimum Gasteiger partial charge on any atom is -0.308 e. The Balaban J connectivity index is 1.93. The lowest BCUT2D eigenvalue weighted by atomic mass is 10.0. The highest BCUT2D eigenvalue weighted by atomic mass is 16.2. The molecule has 0 atom stereocenters. The molecule has 106 valence electrons. The summed E-state index contributed by atoms with van der Waals surface area (Å²) in [5.41, 5.74) is 4.00. The average molecular weight is 278 g/mol. The van der Waals surface area contributed by atoms with Crippen LogP contribution in [0.5, 0.6) is 0 Å². The van der Waals surface area contributed by atoms with Crippen LogP contribution in [-0.2, 0) is 12.8 Å². The molecule has 3 nitrogen and oxygen atoms in total. The number of amides is 1. The normalized spacial score (nSPS) is 13.6. The number of anilines is 1. The highest BCUT2D eigenvalue weighted by molar-refractivity contribution is 6.06. The van der Waals surface area contributed by atoms with E-state index < -0.39 is 0 Å². The lowest BCUT2D eigenvalue weighted by Gasteiger charge is -2.29. The molecule has 0 N–H and O–H groups in total. The first kappa shape index (κ1) is 13.6. The lowest BCUT2D eigenvalue weighted by Crippen LogP contribution is -2.35. The van der Waals surface area contributed by atoms with Gasteiger partial charge in [0.1, 0.15) is 0 Å². The zero-order valence-corrected chi connectivity index (χ0v) is 12.0. The highest BCUT2D eigenvalue weighted by Gasteiger charge is 2.23. The van der Waals surface area contributed by atoms with Crippen molar-refractivity contribution in [2.24, 2.45) is 0 Å². The molecule has 0 fully saturated rings. The summed E-state index contributed by atoms with van der Waals surface area (Å²) in [6.45, 7) is 4.51. The smallest absolute Gasteiger partial charge is 0.258 e. The number of benzene rings is 1. The summed E-state index contributed by atoms with van der Waals surface area (Å²) in [4.78, 5) is 18.8. The van der Waals surface area contributed by atoms with E-state index >= 15 is 0 Å². The van der Waals surface area contributed by atoms with E-state index in [1.54, 1.807) is 6.20 Å². The number of aryl methyl sites for hydroxylation is 1. The van der Waals surface area contributed by atoms with Crippen molar-refractivity contribution >= 4 is 11.6 Å². The molecule has 1 aliphatic rings. The fraction of sp³-hybridized carbons (Fsp3) is 0.222. The molecule has 0 bridgehead atoms. The van der Waals surface area contributed by atoms with Crippen molar-refractivity contribution in [3.05, 3.63) is 72.1 Å². The van der Waals surface area contributed by atoms with Crippen LogP contribution in [-0.4, -0.2) is 17.4 Å². The molecule has 1 aromatic carbocycles. The van der Waals surface area contributed by atoms with Gasteiger partial charge in [0.2, 0.25) is 0 Å². The van der Waals surface area contributed by atoms with Gasteiger partial charge in [-0.2, -0.15) is 0 Å². The predicted octanol–water partition coefficient (Wildman–Crippen LogP) is 3.40. The van der Waals surface area contributed by atoms with Crippen molar-refractivity contribution in [2.45, 2.75) is 19.3 Å². The minimum absolute atomic E-state index is 0.0630. The summed E-state index contributed by atoms with van der Waals surface area (Å²) >= 11 is 0. The SMILES string of the molecule is C=CCc1cccc(C(=O)N2CCCc3cnccc32)c1. The number of rotatable bonds is 3. The Morgan fingerprint density at radius 3 is 3.14 bits per heavy atom. The number of allylic oxidation sites excluding steroid dienone is 1. The van der Waals surface area contributed by atoms with Gasteiger partial charge in [-0.1, -0.05) is 18.2 Å². The van der Waals surface area contributed by atoms with Crippen LogP contribution < -0.4 is 4.90 Å². The van der Waals surface area contributed by atoms with Gasteiger partial charge in [0.15, 0.2) is 0 Å². The summed E-state index contributed by atoms with van der Waals surface area (Å²) < 4.78 is 0. The monoisotopic (exact) mass is 278 g/mol. The van der Waals surface area contributed by atoms with Crippen molar-refractivity contribution in [3.63, 3.8) is 0 Å². The molecule has 21 heavy (non-hydrogen) atoms. The maximum absolute atomic E-state index is 12.8. The van der Waals surface area contributed by atoms with Gasteiger partial charge in [-0.25, -0.2) is 0 Å². The molecule has 1 aliphatic heterocycles. The Morgan fingerprint density at radius 1 is 1.38 bits per heavy atom. The number of carbonyl (C=O) groups is 1. The summed E-state index contributed by atoms with van der Waals surface area (Å²) in [6.07, 6.45) is 8.22. The Labute approximate surface area is 124 Å². The summed E-state index contributed by atoms with van der Waals surface area (Å²) in [5.74, 6) is 0.0630. The van der Waals surface area contributed by atoms with Crippen molar-refractivity contribution in [3.8, 4) is 0 Å². The Hall–Kier alpha value is -2.42. The molecule has 3 heteroatoms. The van der Waals surface area contributed by atoms with Gasteiger partial charge in [0, 0.05) is 24.5 Å². The molecule has 0 unspecified atom stereocenters. The van der Waals surface area contributed by atoms with E-state index in [1.807, 2.05) is 47.5 Å². The molecule has 1 aromatic heterocycles. The van der Waals surface area contributed by atoms with E-state index in [2.05, 4.69) is 11.6 Å². The number of pyridine rings is 1. The predicted molar refractivity (Wildman–Crippen MR) is 84.6 cm³/mol. The van der Waals surface area contributed by atoms with Crippen molar-refractivity contribution in [2.75, 3.05) is 11.4 Å². The van der Waals surface area contributed by atoms with Crippen LogP contribution in [0.4, 0.5) is 5.69 Å². The van der Waals surface area contributed by atoms with Gasteiger partial charge in [0.05, 0.1) is 5.69 Å². The van der Waals surface area contributed by atoms with E-state index in [0.29, 0.717) is 0 Å². The first-order chi connectivity index (χ1) is 10.3. The number of carbonyl (C=O) groups excluding carboxylic acids is 1. The average Bonchev–Trinajstić information content (AvgIpc) is 2.54. The van der Waals surface area contributed by atoms with Gasteiger partial charge in [-0.15, -0.1) is 6.58 Å². The standard InChI is InChI=1S/C18H18N2O/c1-2-5-14-6-3-7-15(12-14)18(21)20-11-4-8-16-13-19-10-9-17(16)20/h2-3,6-7,9-10,12-13H,1,4-5,8,11H2. The zero-order chi connectivity index (χ0) is 14.7. The van der Waals surface area contributed by atoms with Gasteiger partial charge in [-0.3, -0.25) is 9.78 Å². The summed E-state index contributed by atoms with van der Waals surface area (Å²) in [5, 5.41) is 0. The van der Waals surface area contributed by atoms with Crippen LogP contribution in [0.3, 0.4) is 0 Å². The number of nitrogens with zero attached hydrogens (tertiary/aromatic N) is 2. The lowest BCUT2D eigenvalue weighted by molar-refractivity contribution is 0.0985. The third-order valence-electron chi connectivity index (χ3n) is 3.80. The number of aromatic nitrogens is 1. The first-order valence-electron chi connectivity index (χ1n) is 7.24. The zero-order valence-electron chi connectivity index (χ0n) is 12.0. The van der Waals surface area contributed by atoms with E-state index in [-0.39, 0.29) is 5.91 Å². The summed E-state index contributed by atoms with van der Waals surface area (Å²) in [6, 6.07) is 9.72. The first-order valence-corrected chi connectivity index (χ1v) is 7.24. The molecule has 2 aromatic rings. The summed E-state index contributed by atoms with van der Waals surface area (Å²) in [7, 11) is 0. The van der Waals surface area contributed by atoms with Crippen molar-refractivity contribution < 1.29 is 4.79 Å². The fourth-order valence-electron chi connectivity index (χ4n) is 2.79. The third kappa shape index (κ3) is 2.72. The number of fused-ring (bicyclic) bond motifs is 1. The minimum atomic E-state index is 0.0630. The largest absolute Gasteiger partial charge is 0.308 e. The van der Waals surface area contributed by atoms with Crippen LogP contribution >= 0.6 is 0 Å². The molecule has 2 heterocycles. The highest BCUT2D eigenvalue weighted by Crippen LogP contribution is 2.27. The van der Waals surface area contributed by atoms with Crippen molar-refractivity contribution in [1.82, 2.24) is 4.98 Å². The molecule has 0 radical (unpaired) electrons. The molecule has 1 amide bonds. The third-order valence-corrected chi connectivity index (χ3v) is 3.80. The second-order valence-corrected chi connectivity index (χ2v) is 5.26. The van der Waals surface area contributed by atoms with Crippen molar-refractivity contribution in [1.29, 1.82) is 0 Å². The van der Waals surface area contributed by atoms with Crippen LogP contribution in [0.25, 0.3) is 0 Å². The maximum atomic E-state index is 12.8. The maximum Gasteiger partial charge on any atom is 0.258 e. The van der Waals surface area contributed by atoms with Gasteiger partial charge < -0.3 is 4.90 Å². The van der Waals surface area contributed by atoms with E-state index in [9.17, 15) is 4.79 Å². The molecular weight excluding hydrogens is 260 g/mol. The van der Waals surface area contributed by atoms with Gasteiger partial charge in [0.25, 0.3) is 5.91 Å². The quantitative estimate of drug-likeness (QED) is 0.806. The van der Waals surface area contributed by atoms with E-state index in [1.165, 1.54) is 0 Å². The van der Waals surface area contributed by atoms with Crippen LogP contribution in [0.15, 0.2) is 55.4 Å². The van der Waals surface area contributed by atoms with Gasteiger partial charge in [-0.05, 0) is 48.6 Å².